The molecule has 2 atom stereocenters. The second kappa shape index (κ2) is 7.82. The van der Waals surface area contributed by atoms with Crippen molar-refractivity contribution in [2.45, 2.75) is 37.1 Å². The molecule has 0 aliphatic heterocycles. The smallest absolute Gasteiger partial charge is 0.240 e. The van der Waals surface area contributed by atoms with E-state index in [-0.39, 0.29) is 34.9 Å². The zero-order chi connectivity index (χ0) is 17.3. The largest absolute Gasteiger partial charge is 0.330 e. The van der Waals surface area contributed by atoms with Crippen LogP contribution in [0, 0.1) is 18.7 Å². The normalized spacial score (nSPS) is 20.4. The number of rotatable bonds is 5. The zero-order valence-corrected chi connectivity index (χ0v) is 15.5. The molecule has 1 aromatic carbocycles. The first-order valence-corrected chi connectivity index (χ1v) is 9.42. The van der Waals surface area contributed by atoms with Crippen molar-refractivity contribution < 1.29 is 12.8 Å². The molecule has 1 aliphatic rings. The Balaban J connectivity index is 0.00000225. The molecule has 0 saturated heterocycles. The number of nitrogens with zero attached hydrogens (tertiary/aromatic N) is 2. The Bertz CT molecular complexity index is 840. The van der Waals surface area contributed by atoms with Crippen LogP contribution in [-0.4, -0.2) is 30.8 Å². The summed E-state index contributed by atoms with van der Waals surface area (Å²) < 4.78 is 43.4. The van der Waals surface area contributed by atoms with Crippen LogP contribution in [-0.2, 0) is 10.0 Å². The van der Waals surface area contributed by atoms with E-state index in [0.29, 0.717) is 6.54 Å². The summed E-state index contributed by atoms with van der Waals surface area (Å²) in [6.07, 6.45) is 5.90. The zero-order valence-electron chi connectivity index (χ0n) is 13.9. The van der Waals surface area contributed by atoms with Crippen molar-refractivity contribution in [2.75, 3.05) is 6.54 Å². The van der Waals surface area contributed by atoms with Crippen molar-refractivity contribution in [3.05, 3.63) is 42.0 Å². The van der Waals surface area contributed by atoms with E-state index in [2.05, 4.69) is 9.82 Å². The number of benzene rings is 1. The average Bonchev–Trinajstić information content (AvgIpc) is 3.15. The van der Waals surface area contributed by atoms with Gasteiger partial charge in [0, 0.05) is 12.2 Å². The second-order valence-corrected chi connectivity index (χ2v) is 7.94. The molecule has 9 heteroatoms. The van der Waals surface area contributed by atoms with Gasteiger partial charge in [-0.15, -0.1) is 12.4 Å². The molecule has 25 heavy (non-hydrogen) atoms. The minimum Gasteiger partial charge on any atom is -0.330 e. The summed E-state index contributed by atoms with van der Waals surface area (Å²) in [5.74, 6) is -0.501. The number of sulfonamides is 1. The van der Waals surface area contributed by atoms with Crippen LogP contribution in [0.2, 0.25) is 0 Å². The Morgan fingerprint density at radius 2 is 2.16 bits per heavy atom. The molecule has 1 heterocycles. The van der Waals surface area contributed by atoms with Gasteiger partial charge in [0.05, 0.1) is 11.1 Å². The van der Waals surface area contributed by atoms with E-state index in [4.69, 9.17) is 5.73 Å². The van der Waals surface area contributed by atoms with Crippen molar-refractivity contribution >= 4 is 22.4 Å². The van der Waals surface area contributed by atoms with E-state index in [0.717, 1.165) is 30.9 Å². The molecule has 0 spiro atoms. The van der Waals surface area contributed by atoms with Gasteiger partial charge >= 0.3 is 0 Å². The molecule has 3 rings (SSSR count). The fraction of sp³-hybridized carbons (Fsp3) is 0.438. The predicted octanol–water partition coefficient (Wildman–Crippen LogP) is 2.15. The second-order valence-electron chi connectivity index (χ2n) is 6.23. The monoisotopic (exact) mass is 388 g/mol. The van der Waals surface area contributed by atoms with Gasteiger partial charge in [0.25, 0.3) is 0 Å². The Morgan fingerprint density at radius 1 is 1.40 bits per heavy atom. The van der Waals surface area contributed by atoms with Crippen LogP contribution >= 0.6 is 12.4 Å². The van der Waals surface area contributed by atoms with E-state index in [1.54, 1.807) is 12.4 Å². The molecule has 0 amide bonds. The third-order valence-corrected chi connectivity index (χ3v) is 5.94. The number of aromatic nitrogens is 2. The lowest BCUT2D eigenvalue weighted by Crippen LogP contribution is -2.39. The van der Waals surface area contributed by atoms with E-state index >= 15 is 0 Å². The van der Waals surface area contributed by atoms with Crippen molar-refractivity contribution in [2.24, 2.45) is 11.7 Å². The first kappa shape index (κ1) is 19.8. The van der Waals surface area contributed by atoms with Crippen LogP contribution in [0.5, 0.6) is 0 Å². The highest BCUT2D eigenvalue weighted by atomic mass is 35.5. The van der Waals surface area contributed by atoms with Gasteiger partial charge in [0.1, 0.15) is 11.5 Å². The maximum atomic E-state index is 14.4. The maximum absolute atomic E-state index is 14.4. The molecule has 3 N–H and O–H groups in total. The third-order valence-electron chi connectivity index (χ3n) is 4.46. The minimum absolute atomic E-state index is 0. The molecule has 138 valence electrons. The van der Waals surface area contributed by atoms with E-state index in [9.17, 15) is 12.8 Å². The molecular formula is C16H22ClFN4O2S. The fourth-order valence-electron chi connectivity index (χ4n) is 3.13. The molecular weight excluding hydrogens is 367 g/mol. The Labute approximate surface area is 153 Å². The summed E-state index contributed by atoms with van der Waals surface area (Å²) in [7, 11) is -3.78. The number of nitrogens with two attached hydrogens (primary N) is 1. The molecule has 6 nitrogen and oxygen atoms in total. The van der Waals surface area contributed by atoms with E-state index in [1.807, 2.05) is 6.92 Å². The van der Waals surface area contributed by atoms with Crippen LogP contribution in [0.15, 0.2) is 35.5 Å². The average molecular weight is 389 g/mol. The van der Waals surface area contributed by atoms with Crippen LogP contribution < -0.4 is 10.5 Å². The van der Waals surface area contributed by atoms with Crippen molar-refractivity contribution in [3.8, 4) is 5.69 Å². The maximum Gasteiger partial charge on any atom is 0.240 e. The first-order valence-electron chi connectivity index (χ1n) is 7.94. The van der Waals surface area contributed by atoms with Crippen LogP contribution in [0.25, 0.3) is 5.69 Å². The fourth-order valence-corrected chi connectivity index (χ4v) is 4.48. The number of aryl methyl sites for hydroxylation is 1. The number of halogens is 2. The van der Waals surface area contributed by atoms with Crippen molar-refractivity contribution in [3.63, 3.8) is 0 Å². The highest BCUT2D eigenvalue weighted by molar-refractivity contribution is 7.89. The van der Waals surface area contributed by atoms with Crippen LogP contribution in [0.1, 0.15) is 24.8 Å². The standard InChI is InChI=1S/C16H21FN4O2S.ClH/c1-11-9-19-21(10-11)16-6-5-13(7-14(16)17)24(22,23)20-15-4-2-3-12(15)8-18;/h5-7,9-10,12,15,20H,2-4,8,18H2,1H3;1H. The van der Waals surface area contributed by atoms with Gasteiger partial charge in [-0.1, -0.05) is 6.42 Å². The van der Waals surface area contributed by atoms with E-state index < -0.39 is 15.8 Å². The van der Waals surface area contributed by atoms with Gasteiger partial charge in [-0.25, -0.2) is 22.2 Å². The Kier molecular flexibility index (Phi) is 6.21. The van der Waals surface area contributed by atoms with Gasteiger partial charge < -0.3 is 5.73 Å². The van der Waals surface area contributed by atoms with Crippen LogP contribution in [0.4, 0.5) is 4.39 Å². The summed E-state index contributed by atoms with van der Waals surface area (Å²) in [5, 5.41) is 4.04. The molecule has 1 aromatic heterocycles. The lowest BCUT2D eigenvalue weighted by Gasteiger charge is -2.19. The molecule has 0 radical (unpaired) electrons. The molecule has 1 fully saturated rings. The Morgan fingerprint density at radius 3 is 2.76 bits per heavy atom. The number of hydrogen-bond donors (Lipinski definition) is 2. The lowest BCUT2D eigenvalue weighted by atomic mass is 10.1. The van der Waals surface area contributed by atoms with Gasteiger partial charge in [0.15, 0.2) is 0 Å². The van der Waals surface area contributed by atoms with Gasteiger partial charge in [-0.05, 0) is 56.0 Å². The summed E-state index contributed by atoms with van der Waals surface area (Å²) in [6, 6.07) is 3.66. The van der Waals surface area contributed by atoms with Crippen LogP contribution in [0.3, 0.4) is 0 Å². The third kappa shape index (κ3) is 4.20. The number of hydrogen-bond acceptors (Lipinski definition) is 4. The molecule has 1 aliphatic carbocycles. The van der Waals surface area contributed by atoms with Crippen molar-refractivity contribution in [1.82, 2.24) is 14.5 Å². The van der Waals surface area contributed by atoms with Crippen molar-refractivity contribution in [1.29, 1.82) is 0 Å². The highest BCUT2D eigenvalue weighted by Gasteiger charge is 2.30. The summed E-state index contributed by atoms with van der Waals surface area (Å²) in [4.78, 5) is -0.0877. The summed E-state index contributed by atoms with van der Waals surface area (Å²) >= 11 is 0. The van der Waals surface area contributed by atoms with Gasteiger partial charge in [-0.3, -0.25) is 0 Å². The van der Waals surface area contributed by atoms with Gasteiger partial charge in [0.2, 0.25) is 10.0 Å². The molecule has 0 bridgehead atoms. The lowest BCUT2D eigenvalue weighted by molar-refractivity contribution is 0.452. The predicted molar refractivity (Wildman–Crippen MR) is 96.0 cm³/mol. The minimum atomic E-state index is -3.78. The molecule has 2 aromatic rings. The summed E-state index contributed by atoms with van der Waals surface area (Å²) in [6.45, 7) is 2.29. The topological polar surface area (TPSA) is 90.0 Å². The molecule has 1 saturated carbocycles. The first-order chi connectivity index (χ1) is 11.4. The summed E-state index contributed by atoms with van der Waals surface area (Å²) in [5.41, 5.74) is 6.79. The van der Waals surface area contributed by atoms with E-state index in [1.165, 1.54) is 16.8 Å². The van der Waals surface area contributed by atoms with Gasteiger partial charge in [-0.2, -0.15) is 5.10 Å². The quantitative estimate of drug-likeness (QED) is 0.821. The molecule has 2 unspecified atom stereocenters. The SMILES string of the molecule is Cc1cnn(-c2ccc(S(=O)(=O)NC3CCCC3CN)cc2F)c1.Cl. The number of nitrogens with one attached hydrogen (secondary N) is 1. The Hall–Kier alpha value is -1.48. The highest BCUT2D eigenvalue weighted by Crippen LogP contribution is 2.26.